The van der Waals surface area contributed by atoms with Crippen LogP contribution in [0.2, 0.25) is 0 Å². The molecule has 8 nitrogen and oxygen atoms in total. The van der Waals surface area contributed by atoms with E-state index in [-0.39, 0.29) is 29.7 Å². The van der Waals surface area contributed by atoms with Gasteiger partial charge in [-0.2, -0.15) is 0 Å². The van der Waals surface area contributed by atoms with Crippen LogP contribution < -0.4 is 14.8 Å². The second-order valence-corrected chi connectivity index (χ2v) is 8.50. The van der Waals surface area contributed by atoms with Gasteiger partial charge >= 0.3 is 0 Å². The fraction of sp³-hybridized carbons (Fsp3) is 0.273. The molecule has 3 heterocycles. The minimum absolute atomic E-state index is 0.0206. The van der Waals surface area contributed by atoms with Gasteiger partial charge < -0.3 is 19.7 Å². The third-order valence-corrected chi connectivity index (χ3v) is 6.35. The molecule has 1 N–H and O–H groups in total. The first-order valence-electron chi connectivity index (χ1n) is 10.0. The Morgan fingerprint density at radius 2 is 2.00 bits per heavy atom. The van der Waals surface area contributed by atoms with Gasteiger partial charge in [0.1, 0.15) is 5.01 Å². The van der Waals surface area contributed by atoms with E-state index in [1.807, 2.05) is 36.1 Å². The minimum Gasteiger partial charge on any atom is -0.454 e. The molecule has 0 spiro atoms. The number of hydrogen-bond donors (Lipinski definition) is 1. The number of carbonyl (C=O) groups excluding carboxylic acids is 2. The number of likely N-dealkylation sites (tertiary alicyclic amines) is 1. The highest BCUT2D eigenvalue weighted by molar-refractivity contribution is 7.13. The molecule has 158 valence electrons. The Morgan fingerprint density at radius 1 is 1.13 bits per heavy atom. The molecule has 2 aliphatic rings. The average molecular weight is 436 g/mol. The normalized spacial score (nSPS) is 17.1. The van der Waals surface area contributed by atoms with Crippen LogP contribution in [0.4, 0.5) is 5.69 Å². The number of amides is 2. The van der Waals surface area contributed by atoms with Gasteiger partial charge in [-0.05, 0) is 44.0 Å². The first-order valence-corrected chi connectivity index (χ1v) is 10.8. The zero-order valence-electron chi connectivity index (χ0n) is 16.8. The Morgan fingerprint density at radius 3 is 2.87 bits per heavy atom. The lowest BCUT2D eigenvalue weighted by atomic mass is 10.1. The molecular weight excluding hydrogens is 416 g/mol. The molecule has 0 aliphatic carbocycles. The van der Waals surface area contributed by atoms with Crippen LogP contribution >= 0.6 is 11.3 Å². The molecular formula is C22H20N4O4S. The number of benzene rings is 2. The van der Waals surface area contributed by atoms with Crippen LogP contribution in [-0.2, 0) is 0 Å². The predicted octanol–water partition coefficient (Wildman–Crippen LogP) is 3.80. The summed E-state index contributed by atoms with van der Waals surface area (Å²) in [7, 11) is 0. The van der Waals surface area contributed by atoms with Crippen molar-refractivity contribution in [1.29, 1.82) is 0 Å². The van der Waals surface area contributed by atoms with E-state index >= 15 is 0 Å². The summed E-state index contributed by atoms with van der Waals surface area (Å²) in [4.78, 5) is 27.5. The van der Waals surface area contributed by atoms with Gasteiger partial charge in [0.25, 0.3) is 11.8 Å². The maximum Gasteiger partial charge on any atom is 0.286 e. The fourth-order valence-electron chi connectivity index (χ4n) is 3.83. The topological polar surface area (TPSA) is 93.7 Å². The number of ether oxygens (including phenoxy) is 2. The third-order valence-electron chi connectivity index (χ3n) is 5.33. The zero-order chi connectivity index (χ0) is 21.4. The number of hydrogen-bond acceptors (Lipinski definition) is 7. The Bertz CT molecular complexity index is 1160. The van der Waals surface area contributed by atoms with E-state index in [0.29, 0.717) is 34.3 Å². The largest absolute Gasteiger partial charge is 0.454 e. The first kappa shape index (κ1) is 19.5. The molecule has 1 aromatic heterocycles. The monoisotopic (exact) mass is 436 g/mol. The maximum atomic E-state index is 13.0. The van der Waals surface area contributed by atoms with Gasteiger partial charge in [-0.1, -0.05) is 29.0 Å². The second kappa shape index (κ2) is 7.99. The summed E-state index contributed by atoms with van der Waals surface area (Å²) in [6, 6.07) is 12.6. The highest BCUT2D eigenvalue weighted by Gasteiger charge is 2.33. The molecule has 1 fully saturated rings. The molecule has 1 atom stereocenters. The molecule has 2 aromatic carbocycles. The molecule has 31 heavy (non-hydrogen) atoms. The van der Waals surface area contributed by atoms with Gasteiger partial charge in [0, 0.05) is 23.9 Å². The van der Waals surface area contributed by atoms with Crippen molar-refractivity contribution in [1.82, 2.24) is 15.1 Å². The molecule has 0 radical (unpaired) electrons. The number of carbonyl (C=O) groups is 2. The maximum absolute atomic E-state index is 13.0. The lowest BCUT2D eigenvalue weighted by Gasteiger charge is -2.23. The van der Waals surface area contributed by atoms with Crippen molar-refractivity contribution in [3.63, 3.8) is 0 Å². The van der Waals surface area contributed by atoms with E-state index < -0.39 is 0 Å². The van der Waals surface area contributed by atoms with E-state index in [4.69, 9.17) is 9.47 Å². The van der Waals surface area contributed by atoms with Gasteiger partial charge in [-0.15, -0.1) is 10.2 Å². The van der Waals surface area contributed by atoms with Crippen LogP contribution in [-0.4, -0.2) is 40.2 Å². The van der Waals surface area contributed by atoms with Crippen LogP contribution in [0.15, 0.2) is 42.5 Å². The molecule has 5 rings (SSSR count). The molecule has 0 unspecified atom stereocenters. The Labute approximate surface area is 182 Å². The average Bonchev–Trinajstić information content (AvgIpc) is 3.52. The summed E-state index contributed by atoms with van der Waals surface area (Å²) in [5.41, 5.74) is 2.29. The number of fused-ring (bicyclic) bond motifs is 1. The molecule has 2 amide bonds. The first-order chi connectivity index (χ1) is 15.1. The van der Waals surface area contributed by atoms with Crippen LogP contribution in [0, 0.1) is 6.92 Å². The van der Waals surface area contributed by atoms with E-state index in [9.17, 15) is 9.59 Å². The predicted molar refractivity (Wildman–Crippen MR) is 115 cm³/mol. The van der Waals surface area contributed by atoms with Crippen LogP contribution in [0.3, 0.4) is 0 Å². The number of nitrogens with one attached hydrogen (secondary N) is 1. The van der Waals surface area contributed by atoms with Crippen molar-refractivity contribution >= 4 is 28.8 Å². The molecule has 0 bridgehead atoms. The molecule has 1 saturated heterocycles. The van der Waals surface area contributed by atoms with Gasteiger partial charge in [0.2, 0.25) is 11.8 Å². The molecule has 3 aromatic rings. The summed E-state index contributed by atoms with van der Waals surface area (Å²) >= 11 is 1.22. The number of nitrogens with zero attached hydrogens (tertiary/aromatic N) is 3. The van der Waals surface area contributed by atoms with Crippen LogP contribution in [0.1, 0.15) is 49.6 Å². The molecule has 0 saturated carbocycles. The standard InChI is InChI=1S/C22H20N4O4S/c1-13-4-2-5-14(10-13)22(28)26-9-3-6-16(26)20-24-25-21(31-20)19(27)23-15-7-8-17-18(11-15)30-12-29-17/h2,4-5,7-8,10-11,16H,3,6,9,12H2,1H3,(H,23,27)/t16-/m0/s1. The van der Waals surface area contributed by atoms with Gasteiger partial charge in [0.15, 0.2) is 11.5 Å². The Hall–Kier alpha value is -3.46. The van der Waals surface area contributed by atoms with Crippen molar-refractivity contribution < 1.29 is 19.1 Å². The van der Waals surface area contributed by atoms with Crippen molar-refractivity contribution in [2.45, 2.75) is 25.8 Å². The zero-order valence-corrected chi connectivity index (χ0v) is 17.6. The lowest BCUT2D eigenvalue weighted by molar-refractivity contribution is 0.0734. The van der Waals surface area contributed by atoms with E-state index in [2.05, 4.69) is 15.5 Å². The SMILES string of the molecule is Cc1cccc(C(=O)N2CCC[C@H]2c2nnc(C(=O)Nc3ccc4c(c3)OCO4)s2)c1. The van der Waals surface area contributed by atoms with E-state index in [1.165, 1.54) is 11.3 Å². The Kier molecular flexibility index (Phi) is 5.03. The summed E-state index contributed by atoms with van der Waals surface area (Å²) < 4.78 is 10.6. The van der Waals surface area contributed by atoms with Gasteiger partial charge in [-0.3, -0.25) is 9.59 Å². The van der Waals surface area contributed by atoms with Crippen molar-refractivity contribution in [3.8, 4) is 11.5 Å². The van der Waals surface area contributed by atoms with Crippen LogP contribution in [0.25, 0.3) is 0 Å². The van der Waals surface area contributed by atoms with Gasteiger partial charge in [0.05, 0.1) is 6.04 Å². The second-order valence-electron chi connectivity index (χ2n) is 7.49. The quantitative estimate of drug-likeness (QED) is 0.669. The number of aryl methyl sites for hydroxylation is 1. The molecule has 2 aliphatic heterocycles. The number of aromatic nitrogens is 2. The van der Waals surface area contributed by atoms with E-state index in [1.54, 1.807) is 18.2 Å². The summed E-state index contributed by atoms with van der Waals surface area (Å²) in [5, 5.41) is 12.0. The summed E-state index contributed by atoms with van der Waals surface area (Å²) in [5.74, 6) is 0.868. The summed E-state index contributed by atoms with van der Waals surface area (Å²) in [6.07, 6.45) is 1.69. The van der Waals surface area contributed by atoms with Crippen molar-refractivity contribution in [2.75, 3.05) is 18.7 Å². The van der Waals surface area contributed by atoms with Crippen molar-refractivity contribution in [3.05, 3.63) is 63.6 Å². The minimum atomic E-state index is -0.350. The number of anilines is 1. The third kappa shape index (κ3) is 3.84. The highest BCUT2D eigenvalue weighted by Crippen LogP contribution is 2.36. The van der Waals surface area contributed by atoms with Crippen molar-refractivity contribution in [2.24, 2.45) is 0 Å². The smallest absolute Gasteiger partial charge is 0.286 e. The fourth-order valence-corrected chi connectivity index (χ4v) is 4.72. The molecule has 9 heteroatoms. The van der Waals surface area contributed by atoms with Gasteiger partial charge in [-0.25, -0.2) is 0 Å². The Balaban J connectivity index is 1.31. The lowest BCUT2D eigenvalue weighted by Crippen LogP contribution is -2.30. The summed E-state index contributed by atoms with van der Waals surface area (Å²) in [6.45, 7) is 2.80. The van der Waals surface area contributed by atoms with E-state index in [0.717, 1.165) is 18.4 Å². The number of rotatable bonds is 4. The highest BCUT2D eigenvalue weighted by atomic mass is 32.1. The van der Waals surface area contributed by atoms with Crippen LogP contribution in [0.5, 0.6) is 11.5 Å².